The van der Waals surface area contributed by atoms with Gasteiger partial charge in [-0.05, 0) is 31.0 Å². The maximum Gasteiger partial charge on any atom is 0.249 e. The molecule has 0 radical (unpaired) electrons. The van der Waals surface area contributed by atoms with Crippen molar-refractivity contribution in [1.82, 2.24) is 5.32 Å². The SMILES string of the molecule is CCC(NC(=O)C(C)OC)c1ccc(Br)cc1. The average Bonchev–Trinajstić information content (AvgIpc) is 2.35. The normalized spacial score (nSPS) is 14.1. The van der Waals surface area contributed by atoms with E-state index in [1.807, 2.05) is 31.2 Å². The number of benzene rings is 1. The molecule has 0 spiro atoms. The largest absolute Gasteiger partial charge is 0.372 e. The van der Waals surface area contributed by atoms with Crippen LogP contribution >= 0.6 is 15.9 Å². The minimum Gasteiger partial charge on any atom is -0.372 e. The van der Waals surface area contributed by atoms with Gasteiger partial charge in [-0.15, -0.1) is 0 Å². The van der Waals surface area contributed by atoms with Crippen LogP contribution in [0, 0.1) is 0 Å². The van der Waals surface area contributed by atoms with Crippen molar-refractivity contribution in [2.75, 3.05) is 7.11 Å². The predicted molar refractivity (Wildman–Crippen MR) is 71.8 cm³/mol. The van der Waals surface area contributed by atoms with Crippen LogP contribution < -0.4 is 5.32 Å². The fraction of sp³-hybridized carbons (Fsp3) is 0.462. The number of hydrogen-bond donors (Lipinski definition) is 1. The van der Waals surface area contributed by atoms with Gasteiger partial charge in [-0.25, -0.2) is 0 Å². The summed E-state index contributed by atoms with van der Waals surface area (Å²) in [5.41, 5.74) is 1.10. The van der Waals surface area contributed by atoms with Crippen LogP contribution in [-0.4, -0.2) is 19.1 Å². The summed E-state index contributed by atoms with van der Waals surface area (Å²) in [5.74, 6) is -0.0812. The molecule has 0 fully saturated rings. The zero-order valence-corrected chi connectivity index (χ0v) is 12.0. The van der Waals surface area contributed by atoms with E-state index >= 15 is 0 Å². The van der Waals surface area contributed by atoms with E-state index in [1.54, 1.807) is 6.92 Å². The minimum atomic E-state index is -0.417. The van der Waals surface area contributed by atoms with Crippen LogP contribution in [0.15, 0.2) is 28.7 Å². The van der Waals surface area contributed by atoms with Crippen LogP contribution in [0.4, 0.5) is 0 Å². The summed E-state index contributed by atoms with van der Waals surface area (Å²) in [5, 5.41) is 2.97. The maximum absolute atomic E-state index is 11.7. The Bertz CT molecular complexity index is 364. The zero-order valence-electron chi connectivity index (χ0n) is 10.4. The second-order valence-corrected chi connectivity index (χ2v) is 4.81. The Morgan fingerprint density at radius 2 is 2.00 bits per heavy atom. The maximum atomic E-state index is 11.7. The highest BCUT2D eigenvalue weighted by Crippen LogP contribution is 2.19. The topological polar surface area (TPSA) is 38.3 Å². The number of hydrogen-bond acceptors (Lipinski definition) is 2. The van der Waals surface area contributed by atoms with Crippen molar-refractivity contribution in [1.29, 1.82) is 0 Å². The molecular weight excluding hydrogens is 282 g/mol. The van der Waals surface area contributed by atoms with Crippen molar-refractivity contribution in [2.45, 2.75) is 32.4 Å². The molecule has 2 unspecified atom stereocenters. The Kier molecular flexibility index (Phi) is 5.65. The first-order chi connectivity index (χ1) is 8.08. The Balaban J connectivity index is 2.72. The van der Waals surface area contributed by atoms with E-state index in [2.05, 4.69) is 21.2 Å². The molecule has 0 saturated carbocycles. The van der Waals surface area contributed by atoms with Crippen LogP contribution in [-0.2, 0) is 9.53 Å². The molecule has 1 N–H and O–H groups in total. The lowest BCUT2D eigenvalue weighted by molar-refractivity contribution is -0.130. The molecule has 17 heavy (non-hydrogen) atoms. The Morgan fingerprint density at radius 3 is 2.47 bits per heavy atom. The average molecular weight is 300 g/mol. The highest BCUT2D eigenvalue weighted by atomic mass is 79.9. The summed E-state index contributed by atoms with van der Waals surface area (Å²) in [6.45, 7) is 3.79. The second-order valence-electron chi connectivity index (χ2n) is 3.90. The van der Waals surface area contributed by atoms with Gasteiger partial charge in [0.25, 0.3) is 0 Å². The lowest BCUT2D eigenvalue weighted by atomic mass is 10.0. The smallest absolute Gasteiger partial charge is 0.249 e. The van der Waals surface area contributed by atoms with Crippen molar-refractivity contribution in [3.05, 3.63) is 34.3 Å². The number of rotatable bonds is 5. The van der Waals surface area contributed by atoms with Crippen LogP contribution in [0.1, 0.15) is 31.9 Å². The van der Waals surface area contributed by atoms with Crippen molar-refractivity contribution >= 4 is 21.8 Å². The number of halogens is 1. The fourth-order valence-corrected chi connectivity index (χ4v) is 1.78. The third kappa shape index (κ3) is 4.13. The Labute approximate surface area is 111 Å². The van der Waals surface area contributed by atoms with E-state index in [0.717, 1.165) is 16.5 Å². The number of amides is 1. The van der Waals surface area contributed by atoms with Crippen LogP contribution in [0.2, 0.25) is 0 Å². The van der Waals surface area contributed by atoms with Gasteiger partial charge in [-0.2, -0.15) is 0 Å². The third-order valence-electron chi connectivity index (χ3n) is 2.72. The summed E-state index contributed by atoms with van der Waals surface area (Å²) >= 11 is 3.39. The molecule has 1 rings (SSSR count). The molecule has 0 aliphatic rings. The molecule has 0 aliphatic heterocycles. The summed E-state index contributed by atoms with van der Waals surface area (Å²) < 4.78 is 6.03. The summed E-state index contributed by atoms with van der Waals surface area (Å²) in [4.78, 5) is 11.7. The monoisotopic (exact) mass is 299 g/mol. The standard InChI is InChI=1S/C13H18BrNO2/c1-4-12(15-13(16)9(2)17-3)10-5-7-11(14)8-6-10/h5-9,12H,4H2,1-3H3,(H,15,16). The van der Waals surface area contributed by atoms with Gasteiger partial charge >= 0.3 is 0 Å². The summed E-state index contributed by atoms with van der Waals surface area (Å²) in [6.07, 6.45) is 0.434. The number of methoxy groups -OCH3 is 1. The van der Waals surface area contributed by atoms with Crippen LogP contribution in [0.25, 0.3) is 0 Å². The zero-order chi connectivity index (χ0) is 12.8. The van der Waals surface area contributed by atoms with Crippen molar-refractivity contribution < 1.29 is 9.53 Å². The lowest BCUT2D eigenvalue weighted by Crippen LogP contribution is -2.36. The second kappa shape index (κ2) is 6.77. The van der Waals surface area contributed by atoms with Gasteiger partial charge in [0, 0.05) is 11.6 Å². The van der Waals surface area contributed by atoms with Gasteiger partial charge in [0.2, 0.25) is 5.91 Å². The Hall–Kier alpha value is -0.870. The van der Waals surface area contributed by atoms with E-state index in [9.17, 15) is 4.79 Å². The van der Waals surface area contributed by atoms with Gasteiger partial charge in [-0.3, -0.25) is 4.79 Å². The first-order valence-corrected chi connectivity index (χ1v) is 6.46. The highest BCUT2D eigenvalue weighted by molar-refractivity contribution is 9.10. The molecule has 1 aromatic rings. The highest BCUT2D eigenvalue weighted by Gasteiger charge is 2.17. The van der Waals surface area contributed by atoms with Crippen LogP contribution in [0.3, 0.4) is 0 Å². The molecule has 94 valence electrons. The van der Waals surface area contributed by atoms with Gasteiger partial charge in [-0.1, -0.05) is 35.0 Å². The quantitative estimate of drug-likeness (QED) is 0.907. The molecule has 0 saturated heterocycles. The van der Waals surface area contributed by atoms with Gasteiger partial charge in [0.15, 0.2) is 0 Å². The van der Waals surface area contributed by atoms with Crippen molar-refractivity contribution in [3.8, 4) is 0 Å². The molecule has 0 heterocycles. The molecule has 0 aliphatic carbocycles. The van der Waals surface area contributed by atoms with Gasteiger partial charge in [0.1, 0.15) is 6.10 Å². The van der Waals surface area contributed by atoms with E-state index in [0.29, 0.717) is 0 Å². The third-order valence-corrected chi connectivity index (χ3v) is 3.25. The van der Waals surface area contributed by atoms with E-state index in [-0.39, 0.29) is 11.9 Å². The van der Waals surface area contributed by atoms with Gasteiger partial charge in [0.05, 0.1) is 6.04 Å². The molecule has 3 nitrogen and oxygen atoms in total. The number of ether oxygens (including phenoxy) is 1. The van der Waals surface area contributed by atoms with Crippen molar-refractivity contribution in [2.24, 2.45) is 0 Å². The fourth-order valence-electron chi connectivity index (χ4n) is 1.51. The summed E-state index contributed by atoms with van der Waals surface area (Å²) in [6, 6.07) is 8.01. The number of carbonyl (C=O) groups excluding carboxylic acids is 1. The molecular formula is C13H18BrNO2. The van der Waals surface area contributed by atoms with E-state index < -0.39 is 6.10 Å². The first-order valence-electron chi connectivity index (χ1n) is 5.67. The Morgan fingerprint density at radius 1 is 1.41 bits per heavy atom. The lowest BCUT2D eigenvalue weighted by Gasteiger charge is -2.19. The van der Waals surface area contributed by atoms with E-state index in [4.69, 9.17) is 4.74 Å². The molecule has 1 aromatic carbocycles. The van der Waals surface area contributed by atoms with Crippen LogP contribution in [0.5, 0.6) is 0 Å². The number of nitrogens with one attached hydrogen (secondary N) is 1. The molecule has 0 bridgehead atoms. The predicted octanol–water partition coefficient (Wildman–Crippen LogP) is 3.05. The van der Waals surface area contributed by atoms with E-state index in [1.165, 1.54) is 7.11 Å². The minimum absolute atomic E-state index is 0.0354. The molecule has 1 amide bonds. The molecule has 0 aromatic heterocycles. The van der Waals surface area contributed by atoms with Gasteiger partial charge < -0.3 is 10.1 Å². The molecule has 2 atom stereocenters. The first kappa shape index (κ1) is 14.2. The number of carbonyl (C=O) groups is 1. The van der Waals surface area contributed by atoms with Crippen molar-refractivity contribution in [3.63, 3.8) is 0 Å². The summed E-state index contributed by atoms with van der Waals surface area (Å²) in [7, 11) is 1.53. The molecule has 4 heteroatoms.